The van der Waals surface area contributed by atoms with Crippen molar-refractivity contribution >= 4 is 0 Å². The lowest BCUT2D eigenvalue weighted by Gasteiger charge is -2.15. The lowest BCUT2D eigenvalue weighted by atomic mass is 10.2. The van der Waals surface area contributed by atoms with Gasteiger partial charge in [-0.3, -0.25) is 0 Å². The number of benzene rings is 1. The predicted molar refractivity (Wildman–Crippen MR) is 71.5 cm³/mol. The topological polar surface area (TPSA) is 21.3 Å². The normalized spacial score (nSPS) is 16.6. The first-order chi connectivity index (χ1) is 8.65. The van der Waals surface area contributed by atoms with Crippen LogP contribution in [-0.4, -0.2) is 18.7 Å². The third kappa shape index (κ3) is 4.30. The van der Waals surface area contributed by atoms with Gasteiger partial charge < -0.3 is 10.1 Å². The molecule has 1 fully saturated rings. The van der Waals surface area contributed by atoms with Crippen molar-refractivity contribution in [1.29, 1.82) is 0 Å². The maximum absolute atomic E-state index is 13.3. The summed E-state index contributed by atoms with van der Waals surface area (Å²) in [5, 5.41) is 3.48. The Bertz CT molecular complexity index is 390. The molecule has 1 saturated carbocycles. The molecule has 2 nitrogen and oxygen atoms in total. The third-order valence-corrected chi connectivity index (χ3v) is 3.28. The number of hydrogen-bond donors (Lipinski definition) is 1. The minimum absolute atomic E-state index is 0.133. The molecule has 1 aliphatic carbocycles. The molecular formula is C15H22FNO. The van der Waals surface area contributed by atoms with E-state index in [2.05, 4.69) is 5.32 Å². The van der Waals surface area contributed by atoms with Crippen LogP contribution < -0.4 is 10.1 Å². The number of nitrogens with one attached hydrogen (secondary N) is 1. The van der Waals surface area contributed by atoms with E-state index < -0.39 is 0 Å². The highest BCUT2D eigenvalue weighted by Crippen LogP contribution is 2.19. The van der Waals surface area contributed by atoms with Crippen molar-refractivity contribution in [3.8, 4) is 5.75 Å². The minimum atomic E-state index is -0.199. The highest BCUT2D eigenvalue weighted by atomic mass is 19.1. The second kappa shape index (κ2) is 6.19. The van der Waals surface area contributed by atoms with Crippen LogP contribution in [0.4, 0.5) is 4.39 Å². The van der Waals surface area contributed by atoms with Crippen molar-refractivity contribution in [2.24, 2.45) is 0 Å². The molecule has 1 aromatic rings. The number of aryl methyl sites for hydroxylation is 1. The average molecular weight is 251 g/mol. The zero-order valence-electron chi connectivity index (χ0n) is 11.2. The van der Waals surface area contributed by atoms with Gasteiger partial charge in [0.15, 0.2) is 0 Å². The molecule has 0 aromatic heterocycles. The van der Waals surface area contributed by atoms with E-state index in [0.29, 0.717) is 11.3 Å². The van der Waals surface area contributed by atoms with Crippen LogP contribution in [0.15, 0.2) is 18.2 Å². The molecule has 1 atom stereocenters. The van der Waals surface area contributed by atoms with E-state index in [1.54, 1.807) is 13.0 Å². The summed E-state index contributed by atoms with van der Waals surface area (Å²) in [5.74, 6) is 0.427. The van der Waals surface area contributed by atoms with Gasteiger partial charge in [-0.25, -0.2) is 4.39 Å². The van der Waals surface area contributed by atoms with Gasteiger partial charge in [0, 0.05) is 12.1 Å². The molecular weight excluding hydrogens is 229 g/mol. The first-order valence-corrected chi connectivity index (χ1v) is 6.81. The van der Waals surface area contributed by atoms with Crippen molar-refractivity contribution in [2.75, 3.05) is 6.54 Å². The third-order valence-electron chi connectivity index (χ3n) is 3.28. The van der Waals surface area contributed by atoms with E-state index >= 15 is 0 Å². The Hall–Kier alpha value is -1.09. The summed E-state index contributed by atoms with van der Waals surface area (Å²) in [4.78, 5) is 0. The van der Waals surface area contributed by atoms with E-state index in [1.807, 2.05) is 13.0 Å². The molecule has 2 rings (SSSR count). The van der Waals surface area contributed by atoms with Gasteiger partial charge in [0.05, 0.1) is 6.10 Å². The molecule has 1 aliphatic rings. The molecule has 0 bridgehead atoms. The monoisotopic (exact) mass is 251 g/mol. The summed E-state index contributed by atoms with van der Waals surface area (Å²) < 4.78 is 19.0. The predicted octanol–water partition coefficient (Wildman–Crippen LogP) is 3.43. The largest absolute Gasteiger partial charge is 0.491 e. The lowest BCUT2D eigenvalue weighted by molar-refractivity contribution is 0.206. The Balaban J connectivity index is 1.68. The van der Waals surface area contributed by atoms with Gasteiger partial charge in [0.2, 0.25) is 0 Å². The molecule has 18 heavy (non-hydrogen) atoms. The SMILES string of the molecule is Cc1ccc(OC(C)CCCNC2CC2)cc1F. The molecule has 0 saturated heterocycles. The molecule has 1 aromatic carbocycles. The van der Waals surface area contributed by atoms with Crippen molar-refractivity contribution in [2.45, 2.75) is 51.7 Å². The van der Waals surface area contributed by atoms with Crippen LogP contribution >= 0.6 is 0 Å². The molecule has 0 aliphatic heterocycles. The highest BCUT2D eigenvalue weighted by molar-refractivity contribution is 5.28. The zero-order chi connectivity index (χ0) is 13.0. The molecule has 0 heterocycles. The second-order valence-corrected chi connectivity index (χ2v) is 5.21. The fourth-order valence-electron chi connectivity index (χ4n) is 1.92. The molecule has 0 radical (unpaired) electrons. The highest BCUT2D eigenvalue weighted by Gasteiger charge is 2.19. The summed E-state index contributed by atoms with van der Waals surface area (Å²) in [6.07, 6.45) is 4.89. The van der Waals surface area contributed by atoms with Gasteiger partial charge in [-0.1, -0.05) is 6.07 Å². The Labute approximate surface area is 109 Å². The zero-order valence-corrected chi connectivity index (χ0v) is 11.2. The second-order valence-electron chi connectivity index (χ2n) is 5.21. The fourth-order valence-corrected chi connectivity index (χ4v) is 1.92. The fraction of sp³-hybridized carbons (Fsp3) is 0.600. The van der Waals surface area contributed by atoms with Crippen LogP contribution in [0.3, 0.4) is 0 Å². The summed E-state index contributed by atoms with van der Waals surface area (Å²) in [6.45, 7) is 4.85. The number of rotatable bonds is 7. The van der Waals surface area contributed by atoms with E-state index in [1.165, 1.54) is 18.9 Å². The number of ether oxygens (including phenoxy) is 1. The van der Waals surface area contributed by atoms with Gasteiger partial charge in [-0.05, 0) is 57.7 Å². The number of halogens is 1. The van der Waals surface area contributed by atoms with E-state index in [9.17, 15) is 4.39 Å². The van der Waals surface area contributed by atoms with Crippen molar-refractivity contribution < 1.29 is 9.13 Å². The maximum Gasteiger partial charge on any atom is 0.129 e. The van der Waals surface area contributed by atoms with Gasteiger partial charge in [-0.15, -0.1) is 0 Å². The first kappa shape index (κ1) is 13.3. The molecule has 0 amide bonds. The van der Waals surface area contributed by atoms with Crippen LogP contribution in [0, 0.1) is 12.7 Å². The van der Waals surface area contributed by atoms with E-state index in [4.69, 9.17) is 4.74 Å². The summed E-state index contributed by atoms with van der Waals surface area (Å²) in [5.41, 5.74) is 0.656. The van der Waals surface area contributed by atoms with Crippen LogP contribution in [-0.2, 0) is 0 Å². The quantitative estimate of drug-likeness (QED) is 0.750. The van der Waals surface area contributed by atoms with Gasteiger partial charge in [0.1, 0.15) is 11.6 Å². The van der Waals surface area contributed by atoms with Crippen LogP contribution in [0.25, 0.3) is 0 Å². The summed E-state index contributed by atoms with van der Waals surface area (Å²) >= 11 is 0. The van der Waals surface area contributed by atoms with Gasteiger partial charge in [0.25, 0.3) is 0 Å². The lowest BCUT2D eigenvalue weighted by Crippen LogP contribution is -2.20. The summed E-state index contributed by atoms with van der Waals surface area (Å²) in [7, 11) is 0. The van der Waals surface area contributed by atoms with Crippen molar-refractivity contribution in [3.05, 3.63) is 29.6 Å². The van der Waals surface area contributed by atoms with E-state index in [0.717, 1.165) is 25.4 Å². The summed E-state index contributed by atoms with van der Waals surface area (Å²) in [6, 6.07) is 5.82. The molecule has 1 N–H and O–H groups in total. The molecule has 1 unspecified atom stereocenters. The van der Waals surface area contributed by atoms with Crippen LogP contribution in [0.2, 0.25) is 0 Å². The van der Waals surface area contributed by atoms with Crippen molar-refractivity contribution in [3.63, 3.8) is 0 Å². The molecule has 0 spiro atoms. The van der Waals surface area contributed by atoms with Gasteiger partial charge in [-0.2, -0.15) is 0 Å². The van der Waals surface area contributed by atoms with Gasteiger partial charge >= 0.3 is 0 Å². The van der Waals surface area contributed by atoms with Crippen LogP contribution in [0.5, 0.6) is 5.75 Å². The molecule has 3 heteroatoms. The standard InChI is InChI=1S/C15H22FNO/c1-11-5-8-14(10-15(11)16)18-12(2)4-3-9-17-13-6-7-13/h5,8,10,12-13,17H,3-4,6-7,9H2,1-2H3. The number of hydrogen-bond acceptors (Lipinski definition) is 2. The Morgan fingerprint density at radius 2 is 2.22 bits per heavy atom. The van der Waals surface area contributed by atoms with Crippen molar-refractivity contribution in [1.82, 2.24) is 5.32 Å². The first-order valence-electron chi connectivity index (χ1n) is 6.81. The Kier molecular flexibility index (Phi) is 4.59. The average Bonchev–Trinajstić information content (AvgIpc) is 3.14. The molecule has 100 valence electrons. The Morgan fingerprint density at radius 3 is 2.89 bits per heavy atom. The maximum atomic E-state index is 13.3. The smallest absolute Gasteiger partial charge is 0.129 e. The van der Waals surface area contributed by atoms with Crippen LogP contribution in [0.1, 0.15) is 38.2 Å². The minimum Gasteiger partial charge on any atom is -0.491 e. The van der Waals surface area contributed by atoms with E-state index in [-0.39, 0.29) is 11.9 Å². The Morgan fingerprint density at radius 1 is 1.44 bits per heavy atom.